The van der Waals surface area contributed by atoms with Crippen molar-refractivity contribution in [1.82, 2.24) is 15.2 Å². The van der Waals surface area contributed by atoms with E-state index < -0.39 is 0 Å². The molecule has 1 aliphatic heterocycles. The zero-order valence-corrected chi connectivity index (χ0v) is 15.0. The lowest BCUT2D eigenvalue weighted by Crippen LogP contribution is -2.41. The van der Waals surface area contributed by atoms with E-state index in [1.54, 1.807) is 0 Å². The van der Waals surface area contributed by atoms with Crippen molar-refractivity contribution in [3.63, 3.8) is 0 Å². The normalized spacial score (nSPS) is 15.0. The number of para-hydroxylation sites is 1. The third-order valence-corrected chi connectivity index (χ3v) is 4.73. The molecule has 1 aromatic heterocycles. The van der Waals surface area contributed by atoms with Crippen LogP contribution in [0.15, 0.2) is 42.5 Å². The summed E-state index contributed by atoms with van der Waals surface area (Å²) in [6, 6.07) is 14.4. The molecule has 1 fully saturated rings. The van der Waals surface area contributed by atoms with Gasteiger partial charge in [-0.15, -0.1) is 0 Å². The van der Waals surface area contributed by atoms with E-state index >= 15 is 0 Å². The molecule has 0 atom stereocenters. The molecule has 2 heterocycles. The van der Waals surface area contributed by atoms with Crippen molar-refractivity contribution >= 4 is 11.7 Å². The van der Waals surface area contributed by atoms with Gasteiger partial charge in [0.25, 0.3) is 0 Å². The van der Waals surface area contributed by atoms with Crippen molar-refractivity contribution in [3.05, 3.63) is 59.4 Å². The van der Waals surface area contributed by atoms with Crippen molar-refractivity contribution in [3.8, 4) is 0 Å². The first kappa shape index (κ1) is 17.3. The molecule has 2 aromatic rings. The number of hydrogen-bond acceptors (Lipinski definition) is 3. The Hall–Kier alpha value is -2.56. The Labute approximate surface area is 149 Å². The van der Waals surface area contributed by atoms with Gasteiger partial charge >= 0.3 is 6.03 Å². The van der Waals surface area contributed by atoms with Gasteiger partial charge in [-0.05, 0) is 44.0 Å². The minimum Gasteiger partial charge on any atom is -0.370 e. The molecule has 25 heavy (non-hydrogen) atoms. The number of carbonyl (C=O) groups is 1. The Morgan fingerprint density at radius 2 is 1.84 bits per heavy atom. The molecule has 0 aliphatic carbocycles. The van der Waals surface area contributed by atoms with E-state index in [2.05, 4.69) is 39.5 Å². The average molecular weight is 338 g/mol. The summed E-state index contributed by atoms with van der Waals surface area (Å²) in [5.74, 6) is 0. The lowest BCUT2D eigenvalue weighted by molar-refractivity contribution is 0.201. The fourth-order valence-electron chi connectivity index (χ4n) is 3.08. The number of nitrogens with zero attached hydrogens (tertiary/aromatic N) is 3. The molecular weight excluding hydrogens is 312 g/mol. The van der Waals surface area contributed by atoms with Crippen molar-refractivity contribution in [2.24, 2.45) is 0 Å². The third kappa shape index (κ3) is 4.50. The zero-order chi connectivity index (χ0) is 17.6. The summed E-state index contributed by atoms with van der Waals surface area (Å²) < 4.78 is 0. The number of aryl methyl sites for hydroxylation is 2. The van der Waals surface area contributed by atoms with Crippen LogP contribution in [0.4, 0.5) is 10.5 Å². The summed E-state index contributed by atoms with van der Waals surface area (Å²) in [4.78, 5) is 21.3. The van der Waals surface area contributed by atoms with Gasteiger partial charge in [0.05, 0.1) is 12.2 Å². The molecular formula is C20H26N4O. The molecule has 0 unspecified atom stereocenters. The number of amides is 2. The summed E-state index contributed by atoms with van der Waals surface area (Å²) in [5.41, 5.74) is 4.31. The molecule has 2 amide bonds. The Kier molecular flexibility index (Phi) is 5.53. The smallest absolute Gasteiger partial charge is 0.317 e. The first-order valence-electron chi connectivity index (χ1n) is 8.89. The van der Waals surface area contributed by atoms with Crippen LogP contribution in [0.5, 0.6) is 0 Å². The number of rotatable bonds is 3. The fourth-order valence-corrected chi connectivity index (χ4v) is 3.08. The van der Waals surface area contributed by atoms with Crippen molar-refractivity contribution < 1.29 is 4.79 Å². The molecule has 1 N–H and O–H groups in total. The quantitative estimate of drug-likeness (QED) is 0.935. The van der Waals surface area contributed by atoms with Crippen molar-refractivity contribution in [2.75, 3.05) is 31.1 Å². The lowest BCUT2D eigenvalue weighted by atomic mass is 10.2. The second-order valence-corrected chi connectivity index (χ2v) is 6.53. The highest BCUT2D eigenvalue weighted by molar-refractivity contribution is 5.74. The molecule has 0 radical (unpaired) electrons. The summed E-state index contributed by atoms with van der Waals surface area (Å²) in [6.45, 7) is 7.87. The van der Waals surface area contributed by atoms with E-state index in [-0.39, 0.29) is 6.03 Å². The maximum absolute atomic E-state index is 12.5. The Morgan fingerprint density at radius 3 is 2.60 bits per heavy atom. The number of urea groups is 1. The van der Waals surface area contributed by atoms with Gasteiger partial charge in [0, 0.05) is 37.6 Å². The molecule has 0 bridgehead atoms. The van der Waals surface area contributed by atoms with Crippen LogP contribution in [-0.2, 0) is 6.54 Å². The SMILES string of the molecule is Cc1ccc(CNC(=O)N2CCCN(c3ccccc3)CC2)nc1C. The minimum atomic E-state index is -0.00469. The van der Waals surface area contributed by atoms with Crippen LogP contribution < -0.4 is 10.2 Å². The monoisotopic (exact) mass is 338 g/mol. The molecule has 3 rings (SSSR count). The predicted octanol–water partition coefficient (Wildman–Crippen LogP) is 3.12. The van der Waals surface area contributed by atoms with E-state index in [0.29, 0.717) is 6.54 Å². The average Bonchev–Trinajstić information content (AvgIpc) is 2.89. The molecule has 1 saturated heterocycles. The van der Waals surface area contributed by atoms with Crippen LogP contribution in [0, 0.1) is 13.8 Å². The number of aromatic nitrogens is 1. The van der Waals surface area contributed by atoms with Crippen LogP contribution >= 0.6 is 0 Å². The van der Waals surface area contributed by atoms with Crippen LogP contribution in [0.1, 0.15) is 23.4 Å². The van der Waals surface area contributed by atoms with Gasteiger partial charge < -0.3 is 15.1 Å². The fraction of sp³-hybridized carbons (Fsp3) is 0.400. The zero-order valence-electron chi connectivity index (χ0n) is 15.0. The molecule has 5 nitrogen and oxygen atoms in total. The Bertz CT molecular complexity index is 717. The highest BCUT2D eigenvalue weighted by atomic mass is 16.2. The Balaban J connectivity index is 1.53. The molecule has 0 saturated carbocycles. The van der Waals surface area contributed by atoms with E-state index in [4.69, 9.17) is 0 Å². The van der Waals surface area contributed by atoms with Gasteiger partial charge in [-0.1, -0.05) is 24.3 Å². The van der Waals surface area contributed by atoms with Gasteiger partial charge in [-0.3, -0.25) is 4.98 Å². The van der Waals surface area contributed by atoms with E-state index in [1.807, 2.05) is 36.9 Å². The van der Waals surface area contributed by atoms with Crippen molar-refractivity contribution in [1.29, 1.82) is 0 Å². The lowest BCUT2D eigenvalue weighted by Gasteiger charge is -2.23. The largest absolute Gasteiger partial charge is 0.370 e. The second-order valence-electron chi connectivity index (χ2n) is 6.53. The van der Waals surface area contributed by atoms with Crippen LogP contribution in [0.25, 0.3) is 0 Å². The van der Waals surface area contributed by atoms with E-state index in [0.717, 1.165) is 44.0 Å². The van der Waals surface area contributed by atoms with Gasteiger partial charge in [-0.25, -0.2) is 4.79 Å². The summed E-state index contributed by atoms with van der Waals surface area (Å²) in [7, 11) is 0. The number of anilines is 1. The first-order valence-corrected chi connectivity index (χ1v) is 8.89. The van der Waals surface area contributed by atoms with E-state index in [9.17, 15) is 4.79 Å². The molecule has 1 aromatic carbocycles. The van der Waals surface area contributed by atoms with Gasteiger partial charge in [-0.2, -0.15) is 0 Å². The second kappa shape index (κ2) is 8.01. The van der Waals surface area contributed by atoms with Gasteiger partial charge in [0.1, 0.15) is 0 Å². The molecule has 132 valence electrons. The highest BCUT2D eigenvalue weighted by Crippen LogP contribution is 2.15. The maximum Gasteiger partial charge on any atom is 0.317 e. The number of nitrogens with one attached hydrogen (secondary N) is 1. The van der Waals surface area contributed by atoms with Crippen molar-refractivity contribution in [2.45, 2.75) is 26.8 Å². The van der Waals surface area contributed by atoms with Crippen LogP contribution in [-0.4, -0.2) is 42.1 Å². The number of carbonyl (C=O) groups excluding carboxylic acids is 1. The predicted molar refractivity (Wildman–Crippen MR) is 101 cm³/mol. The molecule has 0 spiro atoms. The summed E-state index contributed by atoms with van der Waals surface area (Å²) in [6.07, 6.45) is 0.976. The Morgan fingerprint density at radius 1 is 1.04 bits per heavy atom. The summed E-state index contributed by atoms with van der Waals surface area (Å²) in [5, 5.41) is 3.00. The topological polar surface area (TPSA) is 48.5 Å². The number of benzene rings is 1. The van der Waals surface area contributed by atoms with Gasteiger partial charge in [0.15, 0.2) is 0 Å². The minimum absolute atomic E-state index is 0.00469. The number of pyridine rings is 1. The number of hydrogen-bond donors (Lipinski definition) is 1. The van der Waals surface area contributed by atoms with Gasteiger partial charge in [0.2, 0.25) is 0 Å². The highest BCUT2D eigenvalue weighted by Gasteiger charge is 2.19. The molecule has 1 aliphatic rings. The maximum atomic E-state index is 12.5. The summed E-state index contributed by atoms with van der Waals surface area (Å²) >= 11 is 0. The molecule has 5 heteroatoms. The van der Waals surface area contributed by atoms with Crippen LogP contribution in [0.3, 0.4) is 0 Å². The first-order chi connectivity index (χ1) is 12.1. The standard InChI is InChI=1S/C20H26N4O/c1-16-9-10-18(22-17(16)2)15-21-20(25)24-12-6-11-23(13-14-24)19-7-4-3-5-8-19/h3-5,7-10H,6,11-15H2,1-2H3,(H,21,25). The van der Waals surface area contributed by atoms with Crippen LogP contribution in [0.2, 0.25) is 0 Å². The van der Waals surface area contributed by atoms with E-state index in [1.165, 1.54) is 11.3 Å². The third-order valence-electron chi connectivity index (χ3n) is 4.73.